The van der Waals surface area contributed by atoms with E-state index in [2.05, 4.69) is 105 Å². The van der Waals surface area contributed by atoms with Crippen LogP contribution in [0.2, 0.25) is 0 Å². The van der Waals surface area contributed by atoms with Gasteiger partial charge in [-0.05, 0) is 39.1 Å². The van der Waals surface area contributed by atoms with Crippen LogP contribution in [0.3, 0.4) is 0 Å². The third-order valence-electron chi connectivity index (χ3n) is 5.76. The number of aryl methyl sites for hydroxylation is 1. The Labute approximate surface area is 160 Å². The Balaban J connectivity index is 2.08. The van der Waals surface area contributed by atoms with Crippen molar-refractivity contribution in [3.8, 4) is 33.5 Å². The number of benzene rings is 3. The van der Waals surface area contributed by atoms with Gasteiger partial charge in [-0.1, -0.05) is 81.4 Å². The Kier molecular flexibility index (Phi) is 3.33. The first-order valence-corrected chi connectivity index (χ1v) is 9.62. The minimum absolute atomic E-state index is 0.0836. The molecule has 1 nitrogen and oxygen atoms in total. The predicted octanol–water partition coefficient (Wildman–Crippen LogP) is 6.28. The molecule has 0 bridgehead atoms. The molecule has 0 unspecified atom stereocenters. The van der Waals surface area contributed by atoms with Gasteiger partial charge < -0.3 is 0 Å². The molecule has 27 heavy (non-hydrogen) atoms. The second-order valence-corrected chi connectivity index (χ2v) is 8.57. The summed E-state index contributed by atoms with van der Waals surface area (Å²) in [7, 11) is 2.19. The number of hydrogen-bond donors (Lipinski definition) is 0. The molecule has 0 N–H and O–H groups in total. The molecule has 0 atom stereocenters. The average molecular weight is 350 g/mol. The molecule has 5 rings (SSSR count). The molecule has 0 spiro atoms. The summed E-state index contributed by atoms with van der Waals surface area (Å²) in [5.41, 5.74) is 9.36. The topological polar surface area (TPSA) is 3.88 Å². The lowest BCUT2D eigenvalue weighted by atomic mass is 9.83. The Morgan fingerprint density at radius 1 is 0.630 bits per heavy atom. The van der Waals surface area contributed by atoms with Crippen LogP contribution in [0.4, 0.5) is 0 Å². The van der Waals surface area contributed by atoms with E-state index in [0.29, 0.717) is 0 Å². The molecule has 1 aliphatic carbocycles. The highest BCUT2D eigenvalue weighted by Crippen LogP contribution is 2.47. The van der Waals surface area contributed by atoms with Crippen LogP contribution >= 0.6 is 0 Å². The van der Waals surface area contributed by atoms with Crippen LogP contribution in [-0.4, -0.2) is 0 Å². The zero-order valence-corrected chi connectivity index (χ0v) is 16.4. The molecule has 4 aromatic rings. The zero-order valence-electron chi connectivity index (χ0n) is 16.4. The Morgan fingerprint density at radius 3 is 1.78 bits per heavy atom. The molecule has 0 radical (unpaired) electrons. The van der Waals surface area contributed by atoms with Gasteiger partial charge in [0.1, 0.15) is 7.05 Å². The molecule has 1 heteroatoms. The lowest BCUT2D eigenvalue weighted by molar-refractivity contribution is -0.659. The van der Waals surface area contributed by atoms with Gasteiger partial charge in [0.15, 0.2) is 6.20 Å². The van der Waals surface area contributed by atoms with Gasteiger partial charge in [-0.2, -0.15) is 0 Å². The Hall–Kier alpha value is -2.93. The summed E-state index contributed by atoms with van der Waals surface area (Å²) in [4.78, 5) is 0. The number of nitrogens with zero attached hydrogens (tertiary/aromatic N) is 1. The van der Waals surface area contributed by atoms with E-state index in [9.17, 15) is 0 Å². The monoisotopic (exact) mass is 350 g/mol. The largest absolute Gasteiger partial charge is 0.221 e. The summed E-state index contributed by atoms with van der Waals surface area (Å²) < 4.78 is 2.33. The molecule has 0 saturated carbocycles. The van der Waals surface area contributed by atoms with Crippen LogP contribution in [0.1, 0.15) is 26.3 Å². The fraction of sp³-hybridized carbons (Fsp3) is 0.192. The van der Waals surface area contributed by atoms with Crippen LogP contribution < -0.4 is 4.57 Å². The van der Waals surface area contributed by atoms with Gasteiger partial charge in [0.05, 0.1) is 10.9 Å². The first-order valence-electron chi connectivity index (χ1n) is 9.62. The van der Waals surface area contributed by atoms with Gasteiger partial charge in [-0.15, -0.1) is 0 Å². The molecule has 3 aromatic carbocycles. The standard InChI is InChI=1S/C26H24N/c1-26(2,3)23-16-27(4)25-21-13-8-7-12-19(21)17-10-5-6-11-18(17)20-14-9-15-22(23)24(20)25/h5-16H,1-4H3/q+1. The van der Waals surface area contributed by atoms with E-state index >= 15 is 0 Å². The molecule has 0 aliphatic heterocycles. The van der Waals surface area contributed by atoms with Crippen LogP contribution in [0.25, 0.3) is 44.3 Å². The predicted molar refractivity (Wildman–Crippen MR) is 114 cm³/mol. The summed E-state index contributed by atoms with van der Waals surface area (Å²) in [5, 5.41) is 2.73. The van der Waals surface area contributed by atoms with E-state index in [1.54, 1.807) is 0 Å². The van der Waals surface area contributed by atoms with Crippen molar-refractivity contribution in [1.82, 2.24) is 0 Å². The number of rotatable bonds is 0. The van der Waals surface area contributed by atoms with Crippen molar-refractivity contribution in [3.05, 3.63) is 78.5 Å². The number of fused-ring (bicyclic) bond motifs is 5. The quantitative estimate of drug-likeness (QED) is 0.290. The van der Waals surface area contributed by atoms with Crippen molar-refractivity contribution in [1.29, 1.82) is 0 Å². The summed E-state index contributed by atoms with van der Waals surface area (Å²) in [6.45, 7) is 6.90. The number of aromatic nitrogens is 1. The molecule has 1 heterocycles. The first-order chi connectivity index (χ1) is 13.0. The van der Waals surface area contributed by atoms with Crippen LogP contribution in [0, 0.1) is 0 Å². The Morgan fingerprint density at radius 2 is 1.15 bits per heavy atom. The highest BCUT2D eigenvalue weighted by atomic mass is 14.9. The third kappa shape index (κ3) is 2.28. The number of pyridine rings is 1. The van der Waals surface area contributed by atoms with E-state index in [4.69, 9.17) is 0 Å². The van der Waals surface area contributed by atoms with Gasteiger partial charge in [0.25, 0.3) is 0 Å². The Bertz CT molecular complexity index is 1210. The highest BCUT2D eigenvalue weighted by Gasteiger charge is 2.30. The molecule has 0 fully saturated rings. The van der Waals surface area contributed by atoms with Gasteiger partial charge in [-0.3, -0.25) is 0 Å². The second kappa shape index (κ2) is 5.53. The van der Waals surface area contributed by atoms with Crippen molar-refractivity contribution in [2.75, 3.05) is 0 Å². The van der Waals surface area contributed by atoms with Crippen molar-refractivity contribution < 1.29 is 4.57 Å². The normalized spacial score (nSPS) is 12.4. The van der Waals surface area contributed by atoms with E-state index in [1.165, 1.54) is 49.8 Å². The molecule has 132 valence electrons. The van der Waals surface area contributed by atoms with Crippen LogP contribution in [-0.2, 0) is 12.5 Å². The van der Waals surface area contributed by atoms with E-state index < -0.39 is 0 Å². The molecular formula is C26H24N+. The van der Waals surface area contributed by atoms with Gasteiger partial charge in [0, 0.05) is 5.56 Å². The van der Waals surface area contributed by atoms with Crippen molar-refractivity contribution in [2.24, 2.45) is 7.05 Å². The first kappa shape index (κ1) is 16.3. The van der Waals surface area contributed by atoms with Crippen LogP contribution in [0.5, 0.6) is 0 Å². The molecular weight excluding hydrogens is 326 g/mol. The fourth-order valence-electron chi connectivity index (χ4n) is 4.56. The molecule has 1 aromatic heterocycles. The van der Waals surface area contributed by atoms with Gasteiger partial charge in [-0.25, -0.2) is 4.57 Å². The number of hydrogen-bond acceptors (Lipinski definition) is 0. The maximum absolute atomic E-state index is 2.33. The van der Waals surface area contributed by atoms with Gasteiger partial charge >= 0.3 is 0 Å². The zero-order chi connectivity index (χ0) is 18.8. The maximum Gasteiger partial charge on any atom is 0.221 e. The summed E-state index contributed by atoms with van der Waals surface area (Å²) in [6, 6.07) is 24.4. The fourth-order valence-corrected chi connectivity index (χ4v) is 4.56. The SMILES string of the molecule is C[n+]1cc(C(C)(C)C)c2cccc3c2c1-c1ccccc1-c1ccccc1-3. The summed E-state index contributed by atoms with van der Waals surface area (Å²) in [5.74, 6) is 0. The maximum atomic E-state index is 2.33. The van der Waals surface area contributed by atoms with Crippen LogP contribution in [0.15, 0.2) is 72.9 Å². The average Bonchev–Trinajstić information content (AvgIpc) is 2.78. The minimum atomic E-state index is 0.0836. The van der Waals surface area contributed by atoms with Crippen molar-refractivity contribution in [3.63, 3.8) is 0 Å². The second-order valence-electron chi connectivity index (χ2n) is 8.57. The van der Waals surface area contributed by atoms with Gasteiger partial charge in [0.2, 0.25) is 5.69 Å². The van der Waals surface area contributed by atoms with E-state index in [0.717, 1.165) is 0 Å². The molecule has 1 aliphatic rings. The lowest BCUT2D eigenvalue weighted by Gasteiger charge is -2.21. The summed E-state index contributed by atoms with van der Waals surface area (Å²) >= 11 is 0. The van der Waals surface area contributed by atoms with Crippen molar-refractivity contribution >= 4 is 10.8 Å². The van der Waals surface area contributed by atoms with E-state index in [1.807, 2.05) is 0 Å². The lowest BCUT2D eigenvalue weighted by Crippen LogP contribution is -2.34. The van der Waals surface area contributed by atoms with E-state index in [-0.39, 0.29) is 5.41 Å². The summed E-state index contributed by atoms with van der Waals surface area (Å²) in [6.07, 6.45) is 2.33. The minimum Gasteiger partial charge on any atom is -0.200 e. The highest BCUT2D eigenvalue weighted by molar-refractivity contribution is 6.12. The third-order valence-corrected chi connectivity index (χ3v) is 5.76. The van der Waals surface area contributed by atoms with Crippen molar-refractivity contribution in [2.45, 2.75) is 26.2 Å². The molecule has 0 saturated heterocycles. The smallest absolute Gasteiger partial charge is 0.200 e. The molecule has 0 amide bonds.